The molecule has 0 aromatic carbocycles. The average molecular weight is 327 g/mol. The molecular weight excluding hydrogens is 314 g/mol. The molecule has 8 heteroatoms. The topological polar surface area (TPSA) is 93.7 Å². The molecule has 0 atom stereocenters. The van der Waals surface area contributed by atoms with Gasteiger partial charge < -0.3 is 9.30 Å². The standard InChI is InChI=1S/C15H13N5O2S/c1-9-18-19-13(23-9)4-6-20-5-3-12-11(15(20)21)7-10(8-16)14(17-12)22-2/h3,5,7H,4,6H2,1-2H3. The van der Waals surface area contributed by atoms with E-state index in [4.69, 9.17) is 10.00 Å². The quantitative estimate of drug-likeness (QED) is 0.723. The molecule has 3 aromatic heterocycles. The predicted octanol–water partition coefficient (Wildman–Crippen LogP) is 1.68. The minimum atomic E-state index is -0.185. The lowest BCUT2D eigenvalue weighted by Gasteiger charge is -2.07. The van der Waals surface area contributed by atoms with Crippen LogP contribution in [-0.4, -0.2) is 26.9 Å². The lowest BCUT2D eigenvalue weighted by Crippen LogP contribution is -2.21. The molecule has 3 heterocycles. The number of pyridine rings is 2. The summed E-state index contributed by atoms with van der Waals surface area (Å²) in [6.45, 7) is 2.39. The van der Waals surface area contributed by atoms with Crippen molar-refractivity contribution < 1.29 is 4.74 Å². The predicted molar refractivity (Wildman–Crippen MR) is 85.6 cm³/mol. The van der Waals surface area contributed by atoms with Crippen LogP contribution in [0.1, 0.15) is 15.6 Å². The van der Waals surface area contributed by atoms with Crippen LogP contribution < -0.4 is 10.3 Å². The second kappa shape index (κ2) is 6.14. The van der Waals surface area contributed by atoms with E-state index in [1.54, 1.807) is 16.8 Å². The van der Waals surface area contributed by atoms with Crippen LogP contribution >= 0.6 is 11.3 Å². The van der Waals surface area contributed by atoms with Gasteiger partial charge in [0, 0.05) is 19.2 Å². The number of rotatable bonds is 4. The third kappa shape index (κ3) is 2.91. The van der Waals surface area contributed by atoms with Crippen molar-refractivity contribution in [2.75, 3.05) is 7.11 Å². The van der Waals surface area contributed by atoms with Crippen LogP contribution in [0.25, 0.3) is 10.9 Å². The van der Waals surface area contributed by atoms with Crippen molar-refractivity contribution in [1.29, 1.82) is 5.26 Å². The molecule has 3 aromatic rings. The largest absolute Gasteiger partial charge is 0.480 e. The Labute approximate surface area is 135 Å². The van der Waals surface area contributed by atoms with E-state index in [1.165, 1.54) is 24.5 Å². The Morgan fingerprint density at radius 3 is 2.91 bits per heavy atom. The maximum absolute atomic E-state index is 12.6. The summed E-state index contributed by atoms with van der Waals surface area (Å²) >= 11 is 1.52. The smallest absolute Gasteiger partial charge is 0.260 e. The molecule has 0 spiro atoms. The first-order chi connectivity index (χ1) is 11.1. The maximum atomic E-state index is 12.6. The summed E-state index contributed by atoms with van der Waals surface area (Å²) < 4.78 is 6.66. The molecule has 0 N–H and O–H groups in total. The molecule has 0 fully saturated rings. The monoisotopic (exact) mass is 327 g/mol. The van der Waals surface area contributed by atoms with Gasteiger partial charge in [0.25, 0.3) is 5.56 Å². The van der Waals surface area contributed by atoms with Gasteiger partial charge >= 0.3 is 0 Å². The van der Waals surface area contributed by atoms with E-state index >= 15 is 0 Å². The van der Waals surface area contributed by atoms with Gasteiger partial charge in [0.15, 0.2) is 0 Å². The van der Waals surface area contributed by atoms with Crippen LogP contribution in [0.2, 0.25) is 0 Å². The van der Waals surface area contributed by atoms with Crippen molar-refractivity contribution in [2.24, 2.45) is 0 Å². The Hall–Kier alpha value is -2.79. The van der Waals surface area contributed by atoms with Gasteiger partial charge in [-0.25, -0.2) is 4.98 Å². The molecule has 23 heavy (non-hydrogen) atoms. The molecule has 0 bridgehead atoms. The Kier molecular flexibility index (Phi) is 4.04. The molecule has 0 saturated heterocycles. The second-order valence-corrected chi connectivity index (χ2v) is 6.14. The van der Waals surface area contributed by atoms with E-state index in [2.05, 4.69) is 15.2 Å². The van der Waals surface area contributed by atoms with Gasteiger partial charge in [-0.3, -0.25) is 4.79 Å². The lowest BCUT2D eigenvalue weighted by molar-refractivity contribution is 0.398. The zero-order valence-corrected chi connectivity index (χ0v) is 13.4. The Balaban J connectivity index is 1.98. The molecule has 0 saturated carbocycles. The summed E-state index contributed by atoms with van der Waals surface area (Å²) in [5.74, 6) is 0.224. The zero-order chi connectivity index (χ0) is 16.4. The van der Waals surface area contributed by atoms with Gasteiger partial charge in [-0.1, -0.05) is 0 Å². The van der Waals surface area contributed by atoms with E-state index < -0.39 is 0 Å². The van der Waals surface area contributed by atoms with Crippen LogP contribution in [0.4, 0.5) is 0 Å². The van der Waals surface area contributed by atoms with Crippen molar-refractivity contribution in [1.82, 2.24) is 19.7 Å². The Morgan fingerprint density at radius 2 is 2.26 bits per heavy atom. The van der Waals surface area contributed by atoms with Crippen molar-refractivity contribution in [3.63, 3.8) is 0 Å². The van der Waals surface area contributed by atoms with E-state index in [9.17, 15) is 4.79 Å². The lowest BCUT2D eigenvalue weighted by atomic mass is 10.2. The number of nitrogens with zero attached hydrogens (tertiary/aromatic N) is 5. The third-order valence-corrected chi connectivity index (χ3v) is 4.27. The highest BCUT2D eigenvalue weighted by molar-refractivity contribution is 7.11. The van der Waals surface area contributed by atoms with Crippen molar-refractivity contribution >= 4 is 22.2 Å². The van der Waals surface area contributed by atoms with Crippen LogP contribution in [0.15, 0.2) is 23.1 Å². The highest BCUT2D eigenvalue weighted by Gasteiger charge is 2.11. The number of ether oxygens (including phenoxy) is 1. The normalized spacial score (nSPS) is 10.7. The Morgan fingerprint density at radius 1 is 1.43 bits per heavy atom. The van der Waals surface area contributed by atoms with E-state index in [0.29, 0.717) is 23.9 Å². The van der Waals surface area contributed by atoms with Gasteiger partial charge in [0.05, 0.1) is 18.0 Å². The molecule has 0 aliphatic rings. The Bertz CT molecular complexity index is 970. The molecule has 7 nitrogen and oxygen atoms in total. The molecule has 0 amide bonds. The molecule has 3 rings (SSSR count). The van der Waals surface area contributed by atoms with Gasteiger partial charge in [-0.05, 0) is 19.1 Å². The zero-order valence-electron chi connectivity index (χ0n) is 12.6. The first-order valence-corrected chi connectivity index (χ1v) is 7.71. The fourth-order valence-corrected chi connectivity index (χ4v) is 2.96. The van der Waals surface area contributed by atoms with Crippen molar-refractivity contribution in [3.8, 4) is 11.9 Å². The molecule has 116 valence electrons. The molecular formula is C15H13N5O2S. The van der Waals surface area contributed by atoms with Crippen LogP contribution in [0, 0.1) is 18.3 Å². The third-order valence-electron chi connectivity index (χ3n) is 3.37. The SMILES string of the molecule is COc1nc2ccn(CCc3nnc(C)s3)c(=O)c2cc1C#N. The fourth-order valence-electron chi connectivity index (χ4n) is 2.26. The first kappa shape index (κ1) is 15.1. The summed E-state index contributed by atoms with van der Waals surface area (Å²) in [4.78, 5) is 16.8. The van der Waals surface area contributed by atoms with Gasteiger partial charge in [-0.15, -0.1) is 21.5 Å². The molecule has 0 aliphatic heterocycles. The number of methoxy groups -OCH3 is 1. The second-order valence-electron chi connectivity index (χ2n) is 4.87. The summed E-state index contributed by atoms with van der Waals surface area (Å²) in [7, 11) is 1.44. The minimum absolute atomic E-state index is 0.185. The number of fused-ring (bicyclic) bond motifs is 1. The van der Waals surface area contributed by atoms with Crippen LogP contribution in [-0.2, 0) is 13.0 Å². The molecule has 0 radical (unpaired) electrons. The summed E-state index contributed by atoms with van der Waals surface area (Å²) in [5, 5.41) is 19.3. The number of aryl methyl sites for hydroxylation is 3. The van der Waals surface area contributed by atoms with Crippen LogP contribution in [0.5, 0.6) is 5.88 Å². The van der Waals surface area contributed by atoms with E-state index in [-0.39, 0.29) is 17.0 Å². The minimum Gasteiger partial charge on any atom is -0.480 e. The number of hydrogen-bond donors (Lipinski definition) is 0. The summed E-state index contributed by atoms with van der Waals surface area (Å²) in [6, 6.07) is 5.26. The number of hydrogen-bond acceptors (Lipinski definition) is 7. The van der Waals surface area contributed by atoms with Gasteiger partial charge in [0.1, 0.15) is 21.6 Å². The number of nitriles is 1. The average Bonchev–Trinajstić information content (AvgIpc) is 2.98. The van der Waals surface area contributed by atoms with Crippen LogP contribution in [0.3, 0.4) is 0 Å². The van der Waals surface area contributed by atoms with Gasteiger partial charge in [0.2, 0.25) is 5.88 Å². The first-order valence-electron chi connectivity index (χ1n) is 6.89. The summed E-state index contributed by atoms with van der Waals surface area (Å²) in [6.07, 6.45) is 2.32. The highest BCUT2D eigenvalue weighted by Crippen LogP contribution is 2.19. The van der Waals surface area contributed by atoms with Crippen molar-refractivity contribution in [2.45, 2.75) is 19.9 Å². The van der Waals surface area contributed by atoms with E-state index in [0.717, 1.165) is 10.0 Å². The highest BCUT2D eigenvalue weighted by atomic mass is 32.1. The van der Waals surface area contributed by atoms with Crippen molar-refractivity contribution in [3.05, 3.63) is 44.3 Å². The molecule has 0 unspecified atom stereocenters. The molecule has 0 aliphatic carbocycles. The fraction of sp³-hybridized carbons (Fsp3) is 0.267. The number of aromatic nitrogens is 4. The van der Waals surface area contributed by atoms with E-state index in [1.807, 2.05) is 13.0 Å². The maximum Gasteiger partial charge on any atom is 0.260 e. The summed E-state index contributed by atoms with van der Waals surface area (Å²) in [5.41, 5.74) is 0.568. The van der Waals surface area contributed by atoms with Gasteiger partial charge in [-0.2, -0.15) is 5.26 Å².